The molecule has 2 rings (SSSR count). The molecular formula is C17H17ClFN3O3. The molecule has 0 radical (unpaired) electrons. The van der Waals surface area contributed by atoms with Crippen molar-refractivity contribution in [3.63, 3.8) is 0 Å². The van der Waals surface area contributed by atoms with E-state index in [0.717, 1.165) is 0 Å². The molecule has 6 nitrogen and oxygen atoms in total. The normalized spacial score (nSPS) is 10.4. The molecule has 2 aromatic carbocycles. The summed E-state index contributed by atoms with van der Waals surface area (Å²) in [4.78, 5) is 24.8. The Balaban J connectivity index is 2.44. The van der Waals surface area contributed by atoms with Crippen LogP contribution in [0.15, 0.2) is 36.4 Å². The molecule has 0 atom stereocenters. The summed E-state index contributed by atoms with van der Waals surface area (Å²) < 4.78 is 13.7. The quantitative estimate of drug-likeness (QED) is 0.604. The van der Waals surface area contributed by atoms with Crippen LogP contribution in [0.1, 0.15) is 24.2 Å². The molecule has 0 unspecified atom stereocenters. The fourth-order valence-electron chi connectivity index (χ4n) is 2.45. The van der Waals surface area contributed by atoms with Crippen molar-refractivity contribution in [3.8, 4) is 0 Å². The molecule has 0 heterocycles. The zero-order valence-electron chi connectivity index (χ0n) is 13.8. The van der Waals surface area contributed by atoms with Crippen molar-refractivity contribution in [1.29, 1.82) is 0 Å². The molecule has 1 amide bonds. The van der Waals surface area contributed by atoms with Crippen LogP contribution in [-0.4, -0.2) is 23.9 Å². The number of nitrogens with zero attached hydrogens (tertiary/aromatic N) is 2. The lowest BCUT2D eigenvalue weighted by atomic mass is 10.1. The summed E-state index contributed by atoms with van der Waals surface area (Å²) in [6, 6.07) is 8.15. The van der Waals surface area contributed by atoms with Gasteiger partial charge in [-0.2, -0.15) is 0 Å². The van der Waals surface area contributed by atoms with Gasteiger partial charge in [0, 0.05) is 19.2 Å². The number of nitro benzene ring substituents is 1. The maximum atomic E-state index is 13.7. The lowest BCUT2D eigenvalue weighted by Crippen LogP contribution is -2.23. The minimum absolute atomic E-state index is 0.00676. The molecule has 0 bridgehead atoms. The smallest absolute Gasteiger partial charge is 0.294 e. The summed E-state index contributed by atoms with van der Waals surface area (Å²) in [5.41, 5.74) is 0.226. The molecule has 0 fully saturated rings. The Hall–Kier alpha value is -2.67. The van der Waals surface area contributed by atoms with Crippen LogP contribution in [0.3, 0.4) is 0 Å². The van der Waals surface area contributed by atoms with E-state index >= 15 is 0 Å². The number of nitro groups is 1. The van der Waals surface area contributed by atoms with Crippen LogP contribution in [0.25, 0.3) is 0 Å². The zero-order valence-corrected chi connectivity index (χ0v) is 14.5. The van der Waals surface area contributed by atoms with E-state index in [4.69, 9.17) is 11.6 Å². The molecule has 0 aromatic heterocycles. The third-order valence-electron chi connectivity index (χ3n) is 3.73. The Kier molecular flexibility index (Phi) is 5.93. The van der Waals surface area contributed by atoms with Gasteiger partial charge >= 0.3 is 0 Å². The van der Waals surface area contributed by atoms with E-state index in [0.29, 0.717) is 18.8 Å². The van der Waals surface area contributed by atoms with Crippen molar-refractivity contribution in [2.75, 3.05) is 23.3 Å². The molecule has 0 saturated carbocycles. The number of hydrogen-bond acceptors (Lipinski definition) is 4. The number of benzene rings is 2. The molecule has 2 aromatic rings. The number of nitrogens with one attached hydrogen (secondary N) is 1. The van der Waals surface area contributed by atoms with Crippen molar-refractivity contribution >= 4 is 34.6 Å². The summed E-state index contributed by atoms with van der Waals surface area (Å²) in [7, 11) is 0. The topological polar surface area (TPSA) is 75.5 Å². The van der Waals surface area contributed by atoms with Gasteiger partial charge in [-0.15, -0.1) is 0 Å². The second-order valence-electron chi connectivity index (χ2n) is 5.18. The fraction of sp³-hybridized carbons (Fsp3) is 0.235. The van der Waals surface area contributed by atoms with Gasteiger partial charge in [-0.3, -0.25) is 14.9 Å². The molecular weight excluding hydrogens is 349 g/mol. The number of carbonyl (C=O) groups excluding carboxylic acids is 1. The summed E-state index contributed by atoms with van der Waals surface area (Å²) >= 11 is 6.08. The average Bonchev–Trinajstić information content (AvgIpc) is 2.58. The zero-order chi connectivity index (χ0) is 18.6. The van der Waals surface area contributed by atoms with Gasteiger partial charge in [0.25, 0.3) is 11.6 Å². The van der Waals surface area contributed by atoms with Crippen LogP contribution < -0.4 is 10.2 Å². The van der Waals surface area contributed by atoms with E-state index in [1.807, 2.05) is 13.8 Å². The van der Waals surface area contributed by atoms with Gasteiger partial charge in [-0.25, -0.2) is 4.39 Å². The Labute approximate surface area is 149 Å². The predicted octanol–water partition coefficient (Wildman–Crippen LogP) is 4.49. The third-order valence-corrected chi connectivity index (χ3v) is 4.04. The van der Waals surface area contributed by atoms with Gasteiger partial charge in [-0.1, -0.05) is 23.7 Å². The second kappa shape index (κ2) is 7.94. The summed E-state index contributed by atoms with van der Waals surface area (Å²) in [5.74, 6) is -1.35. The molecule has 0 aliphatic rings. The van der Waals surface area contributed by atoms with E-state index in [9.17, 15) is 19.3 Å². The fourth-order valence-corrected chi connectivity index (χ4v) is 2.65. The molecule has 0 aliphatic carbocycles. The maximum Gasteiger partial charge on any atom is 0.294 e. The molecule has 1 N–H and O–H groups in total. The van der Waals surface area contributed by atoms with Crippen molar-refractivity contribution < 1.29 is 14.1 Å². The summed E-state index contributed by atoms with van der Waals surface area (Å²) in [5, 5.41) is 13.8. The van der Waals surface area contributed by atoms with Crippen LogP contribution in [0.5, 0.6) is 0 Å². The first-order valence-electron chi connectivity index (χ1n) is 7.67. The minimum atomic E-state index is -0.681. The Morgan fingerprint density at radius 3 is 2.48 bits per heavy atom. The summed E-state index contributed by atoms with van der Waals surface area (Å²) in [6.45, 7) is 4.80. The molecule has 0 saturated heterocycles. The highest BCUT2D eigenvalue weighted by Gasteiger charge is 2.22. The van der Waals surface area contributed by atoms with Crippen LogP contribution in [0.4, 0.5) is 21.5 Å². The lowest BCUT2D eigenvalue weighted by Gasteiger charge is -2.22. The van der Waals surface area contributed by atoms with Gasteiger partial charge in [-0.05, 0) is 32.0 Å². The van der Waals surface area contributed by atoms with Crippen molar-refractivity contribution in [3.05, 3.63) is 62.9 Å². The first kappa shape index (κ1) is 18.7. The van der Waals surface area contributed by atoms with E-state index in [1.165, 1.54) is 36.4 Å². The highest BCUT2D eigenvalue weighted by atomic mass is 35.5. The van der Waals surface area contributed by atoms with Crippen LogP contribution in [-0.2, 0) is 0 Å². The molecule has 0 spiro atoms. The first-order chi connectivity index (χ1) is 11.9. The molecule has 8 heteroatoms. The van der Waals surface area contributed by atoms with Crippen LogP contribution in [0, 0.1) is 15.9 Å². The second-order valence-corrected chi connectivity index (χ2v) is 5.59. The van der Waals surface area contributed by atoms with Crippen molar-refractivity contribution in [2.24, 2.45) is 0 Å². The van der Waals surface area contributed by atoms with Crippen LogP contribution in [0.2, 0.25) is 5.02 Å². The number of anilines is 2. The minimum Gasteiger partial charge on any atom is -0.366 e. The van der Waals surface area contributed by atoms with Gasteiger partial charge in [0.1, 0.15) is 11.5 Å². The van der Waals surface area contributed by atoms with Crippen LogP contribution >= 0.6 is 11.6 Å². The Morgan fingerprint density at radius 1 is 1.28 bits per heavy atom. The van der Waals surface area contributed by atoms with Gasteiger partial charge in [0.2, 0.25) is 0 Å². The van der Waals surface area contributed by atoms with Crippen molar-refractivity contribution in [2.45, 2.75) is 13.8 Å². The van der Waals surface area contributed by atoms with E-state index in [2.05, 4.69) is 5.32 Å². The monoisotopic (exact) mass is 365 g/mol. The molecule has 25 heavy (non-hydrogen) atoms. The van der Waals surface area contributed by atoms with Crippen molar-refractivity contribution in [1.82, 2.24) is 0 Å². The number of carbonyl (C=O) groups is 1. The van der Waals surface area contributed by atoms with E-state index < -0.39 is 16.6 Å². The van der Waals surface area contributed by atoms with Gasteiger partial charge in [0.05, 0.1) is 21.2 Å². The standard InChI is InChI=1S/C17H17ClFN3O3/c1-3-21(4-2)15-10-14(12(18)9-16(15)22(24)25)20-17(23)11-7-5-6-8-13(11)19/h5-10H,3-4H2,1-2H3,(H,20,23). The van der Waals surface area contributed by atoms with Gasteiger partial charge in [0.15, 0.2) is 0 Å². The number of rotatable bonds is 6. The Morgan fingerprint density at radius 2 is 1.92 bits per heavy atom. The van der Waals surface area contributed by atoms with E-state index in [-0.39, 0.29) is 22.0 Å². The molecule has 0 aliphatic heterocycles. The Bertz CT molecular complexity index is 810. The number of halogens is 2. The number of amides is 1. The molecule has 132 valence electrons. The SMILES string of the molecule is CCN(CC)c1cc(NC(=O)c2ccccc2F)c(Cl)cc1[N+](=O)[O-]. The predicted molar refractivity (Wildman–Crippen MR) is 96.0 cm³/mol. The number of hydrogen-bond donors (Lipinski definition) is 1. The summed E-state index contributed by atoms with van der Waals surface area (Å²) in [6.07, 6.45) is 0. The van der Waals surface area contributed by atoms with E-state index in [1.54, 1.807) is 4.90 Å². The average molecular weight is 366 g/mol. The lowest BCUT2D eigenvalue weighted by molar-refractivity contribution is -0.384. The highest BCUT2D eigenvalue weighted by Crippen LogP contribution is 2.36. The van der Waals surface area contributed by atoms with Gasteiger partial charge < -0.3 is 10.2 Å². The first-order valence-corrected chi connectivity index (χ1v) is 8.05. The highest BCUT2D eigenvalue weighted by molar-refractivity contribution is 6.34. The maximum absolute atomic E-state index is 13.7. The largest absolute Gasteiger partial charge is 0.366 e. The third kappa shape index (κ3) is 4.06.